The van der Waals surface area contributed by atoms with E-state index in [4.69, 9.17) is 5.11 Å². The number of β-amino-alcohol motifs (C(OH)–C–C–N with tert-alkyl or cyclic N) is 1. The summed E-state index contributed by atoms with van der Waals surface area (Å²) in [6.45, 7) is 0.703. The minimum absolute atomic E-state index is 0.0822. The van der Waals surface area contributed by atoms with E-state index in [0.29, 0.717) is 6.54 Å². The lowest BCUT2D eigenvalue weighted by molar-refractivity contribution is -0.153. The van der Waals surface area contributed by atoms with Gasteiger partial charge in [0, 0.05) is 13.1 Å². The molecule has 0 bridgehead atoms. The Bertz CT molecular complexity index is 178. The Hall–Kier alpha value is -0.870. The van der Waals surface area contributed by atoms with Gasteiger partial charge in [0.1, 0.15) is 0 Å². The van der Waals surface area contributed by atoms with Crippen LogP contribution in [-0.4, -0.2) is 34.9 Å². The highest BCUT2D eigenvalue weighted by molar-refractivity contribution is 5.80. The summed E-state index contributed by atoms with van der Waals surface area (Å²) in [5, 5.41) is 20.4. The third-order valence-electron chi connectivity index (χ3n) is 1.42. The van der Waals surface area contributed by atoms with Crippen molar-refractivity contribution < 1.29 is 15.0 Å². The predicted octanol–water partition coefficient (Wildman–Crippen LogP) is -1.04. The fourth-order valence-electron chi connectivity index (χ4n) is 0.806. The van der Waals surface area contributed by atoms with Crippen LogP contribution in [0.4, 0.5) is 0 Å². The molecule has 0 saturated heterocycles. The van der Waals surface area contributed by atoms with Crippen LogP contribution in [0.5, 0.6) is 0 Å². The molecule has 1 rings (SSSR count). The molecular formula is C6H9NO3. The molecule has 0 aromatic heterocycles. The Balaban J connectivity index is 2.75. The summed E-state index contributed by atoms with van der Waals surface area (Å²) in [7, 11) is 0. The van der Waals surface area contributed by atoms with E-state index >= 15 is 0 Å². The van der Waals surface area contributed by atoms with E-state index in [2.05, 4.69) is 5.32 Å². The van der Waals surface area contributed by atoms with Crippen molar-refractivity contribution in [2.24, 2.45) is 0 Å². The summed E-state index contributed by atoms with van der Waals surface area (Å²) in [4.78, 5) is 10.3. The molecule has 4 heteroatoms. The molecule has 10 heavy (non-hydrogen) atoms. The van der Waals surface area contributed by atoms with E-state index in [0.717, 1.165) is 0 Å². The zero-order chi connectivity index (χ0) is 7.61. The van der Waals surface area contributed by atoms with E-state index in [1.807, 2.05) is 0 Å². The van der Waals surface area contributed by atoms with Gasteiger partial charge in [-0.05, 0) is 6.08 Å². The zero-order valence-electron chi connectivity index (χ0n) is 5.37. The van der Waals surface area contributed by atoms with Crippen molar-refractivity contribution in [3.63, 3.8) is 0 Å². The van der Waals surface area contributed by atoms with Gasteiger partial charge in [0.05, 0.1) is 0 Å². The van der Waals surface area contributed by atoms with Gasteiger partial charge in [-0.1, -0.05) is 6.08 Å². The third-order valence-corrected chi connectivity index (χ3v) is 1.42. The topological polar surface area (TPSA) is 69.6 Å². The number of hydrogen-bond donors (Lipinski definition) is 3. The van der Waals surface area contributed by atoms with Crippen LogP contribution < -0.4 is 5.32 Å². The quantitative estimate of drug-likeness (QED) is 0.410. The monoisotopic (exact) mass is 143 g/mol. The number of carboxylic acid groups (broad SMARTS) is 1. The number of carboxylic acids is 1. The summed E-state index contributed by atoms with van der Waals surface area (Å²) in [5.41, 5.74) is -1.70. The maximum absolute atomic E-state index is 10.3. The highest BCUT2D eigenvalue weighted by Gasteiger charge is 2.33. The minimum Gasteiger partial charge on any atom is -0.479 e. The van der Waals surface area contributed by atoms with Crippen LogP contribution in [0.15, 0.2) is 12.2 Å². The van der Waals surface area contributed by atoms with Gasteiger partial charge in [-0.15, -0.1) is 0 Å². The fraction of sp³-hybridized carbons (Fsp3) is 0.500. The van der Waals surface area contributed by atoms with Gasteiger partial charge in [-0.25, -0.2) is 4.79 Å². The predicted molar refractivity (Wildman–Crippen MR) is 34.6 cm³/mol. The number of nitrogens with one attached hydrogen (secondary N) is 1. The summed E-state index contributed by atoms with van der Waals surface area (Å²) in [5.74, 6) is -1.21. The zero-order valence-corrected chi connectivity index (χ0v) is 5.37. The first-order valence-corrected chi connectivity index (χ1v) is 2.99. The van der Waals surface area contributed by atoms with Crippen LogP contribution in [0.1, 0.15) is 0 Å². The van der Waals surface area contributed by atoms with Crippen LogP contribution in [0.3, 0.4) is 0 Å². The van der Waals surface area contributed by atoms with Crippen molar-refractivity contribution >= 4 is 5.97 Å². The highest BCUT2D eigenvalue weighted by Crippen LogP contribution is 2.08. The van der Waals surface area contributed by atoms with Gasteiger partial charge in [0.25, 0.3) is 0 Å². The second kappa shape index (κ2) is 2.40. The largest absolute Gasteiger partial charge is 0.479 e. The average molecular weight is 143 g/mol. The van der Waals surface area contributed by atoms with Crippen molar-refractivity contribution in [2.75, 3.05) is 13.1 Å². The maximum atomic E-state index is 10.3. The summed E-state index contributed by atoms with van der Waals surface area (Å²) < 4.78 is 0. The van der Waals surface area contributed by atoms with Gasteiger partial charge in [0.2, 0.25) is 0 Å². The molecule has 0 saturated carbocycles. The van der Waals surface area contributed by atoms with E-state index in [9.17, 15) is 9.90 Å². The molecule has 56 valence electrons. The van der Waals surface area contributed by atoms with Gasteiger partial charge in [-0.2, -0.15) is 0 Å². The molecule has 0 radical (unpaired) electrons. The molecular weight excluding hydrogens is 134 g/mol. The van der Waals surface area contributed by atoms with E-state index in [1.54, 1.807) is 6.08 Å². The Morgan fingerprint density at radius 3 is 2.70 bits per heavy atom. The number of carbonyl (C=O) groups is 1. The molecule has 0 aliphatic carbocycles. The number of aliphatic hydroxyl groups is 1. The highest BCUT2D eigenvalue weighted by atomic mass is 16.4. The second-order valence-corrected chi connectivity index (χ2v) is 2.26. The standard InChI is InChI=1S/C6H9NO3/c8-5(9)6(10)2-1-3-7-4-6/h1-2,7,10H,3-4H2,(H,8,9). The SMILES string of the molecule is O=C(O)C1(O)C=CCNC1. The smallest absolute Gasteiger partial charge is 0.341 e. The van der Waals surface area contributed by atoms with Crippen LogP contribution in [0.25, 0.3) is 0 Å². The third kappa shape index (κ3) is 1.17. The molecule has 1 heterocycles. The lowest BCUT2D eigenvalue weighted by Gasteiger charge is -2.22. The van der Waals surface area contributed by atoms with E-state index < -0.39 is 11.6 Å². The average Bonchev–Trinajstić information content (AvgIpc) is 1.89. The van der Waals surface area contributed by atoms with Gasteiger partial charge in [0.15, 0.2) is 5.60 Å². The Kier molecular flexibility index (Phi) is 1.74. The molecule has 1 aliphatic rings. The van der Waals surface area contributed by atoms with E-state index in [-0.39, 0.29) is 6.54 Å². The second-order valence-electron chi connectivity index (χ2n) is 2.26. The number of hydrogen-bond acceptors (Lipinski definition) is 3. The van der Waals surface area contributed by atoms with Gasteiger partial charge < -0.3 is 15.5 Å². The fourth-order valence-corrected chi connectivity index (χ4v) is 0.806. The first kappa shape index (κ1) is 7.24. The Labute approximate surface area is 58.2 Å². The molecule has 1 aliphatic heterocycles. The molecule has 1 unspecified atom stereocenters. The normalized spacial score (nSPS) is 32.1. The number of aliphatic carboxylic acids is 1. The van der Waals surface area contributed by atoms with Crippen molar-refractivity contribution in [2.45, 2.75) is 5.60 Å². The first-order valence-electron chi connectivity index (χ1n) is 2.99. The van der Waals surface area contributed by atoms with E-state index in [1.165, 1.54) is 6.08 Å². The van der Waals surface area contributed by atoms with Crippen molar-refractivity contribution in [3.8, 4) is 0 Å². The Morgan fingerprint density at radius 1 is 1.70 bits per heavy atom. The number of rotatable bonds is 1. The molecule has 0 aromatic carbocycles. The molecule has 0 fully saturated rings. The van der Waals surface area contributed by atoms with Crippen LogP contribution in [0, 0.1) is 0 Å². The van der Waals surface area contributed by atoms with Crippen molar-refractivity contribution in [1.82, 2.24) is 5.32 Å². The van der Waals surface area contributed by atoms with Gasteiger partial charge >= 0.3 is 5.97 Å². The lowest BCUT2D eigenvalue weighted by Crippen LogP contribution is -2.48. The van der Waals surface area contributed by atoms with Crippen molar-refractivity contribution in [3.05, 3.63) is 12.2 Å². The summed E-state index contributed by atoms with van der Waals surface area (Å²) >= 11 is 0. The van der Waals surface area contributed by atoms with Crippen LogP contribution >= 0.6 is 0 Å². The summed E-state index contributed by atoms with van der Waals surface area (Å²) in [6, 6.07) is 0. The van der Waals surface area contributed by atoms with Gasteiger partial charge in [-0.3, -0.25) is 0 Å². The molecule has 1 atom stereocenters. The van der Waals surface area contributed by atoms with Crippen LogP contribution in [0.2, 0.25) is 0 Å². The molecule has 0 aromatic rings. The first-order chi connectivity index (χ1) is 4.65. The minimum atomic E-state index is -1.70. The Morgan fingerprint density at radius 2 is 2.40 bits per heavy atom. The molecule has 0 amide bonds. The molecule has 0 spiro atoms. The summed E-state index contributed by atoms with van der Waals surface area (Å²) in [6.07, 6.45) is 2.89. The lowest BCUT2D eigenvalue weighted by atomic mass is 10.0. The molecule has 3 N–H and O–H groups in total. The molecule has 4 nitrogen and oxygen atoms in total. The van der Waals surface area contributed by atoms with Crippen molar-refractivity contribution in [1.29, 1.82) is 0 Å². The maximum Gasteiger partial charge on any atom is 0.341 e. The van der Waals surface area contributed by atoms with Crippen LogP contribution in [-0.2, 0) is 4.79 Å².